The van der Waals surface area contributed by atoms with Crippen LogP contribution in [0.2, 0.25) is 0 Å². The third kappa shape index (κ3) is 2.73. The van der Waals surface area contributed by atoms with Crippen LogP contribution < -0.4 is 11.1 Å². The maximum Gasteiger partial charge on any atom is 0.139 e. The highest BCUT2D eigenvalue weighted by molar-refractivity contribution is 7.10. The van der Waals surface area contributed by atoms with Crippen molar-refractivity contribution in [1.29, 1.82) is 0 Å². The van der Waals surface area contributed by atoms with Gasteiger partial charge in [-0.05, 0) is 11.5 Å². The van der Waals surface area contributed by atoms with E-state index in [9.17, 15) is 0 Å². The number of nitrogens with one attached hydrogen (secondary N) is 1. The van der Waals surface area contributed by atoms with Gasteiger partial charge in [0.2, 0.25) is 0 Å². The lowest BCUT2D eigenvalue weighted by Gasteiger charge is -1.99. The molecule has 1 rings (SSSR count). The van der Waals surface area contributed by atoms with Crippen LogP contribution in [-0.2, 0) is 4.74 Å². The summed E-state index contributed by atoms with van der Waals surface area (Å²) >= 11 is 1.36. The Morgan fingerprint density at radius 1 is 1.82 bits per heavy atom. The van der Waals surface area contributed by atoms with Crippen molar-refractivity contribution in [2.45, 2.75) is 0 Å². The molecular formula is C6H11N3OS. The van der Waals surface area contributed by atoms with Crippen molar-refractivity contribution < 1.29 is 4.74 Å². The van der Waals surface area contributed by atoms with E-state index in [1.165, 1.54) is 11.5 Å². The Bertz CT molecular complexity index is 213. The zero-order valence-corrected chi connectivity index (χ0v) is 7.15. The topological polar surface area (TPSA) is 60.2 Å². The van der Waals surface area contributed by atoms with E-state index in [2.05, 4.69) is 9.69 Å². The predicted octanol–water partition coefficient (Wildman–Crippen LogP) is 0.784. The molecule has 0 aliphatic rings. The van der Waals surface area contributed by atoms with Crippen molar-refractivity contribution in [2.24, 2.45) is 0 Å². The molecule has 0 saturated carbocycles. The number of nitrogens with zero attached hydrogens (tertiary/aromatic N) is 1. The minimum atomic E-state index is 0.565. The zero-order chi connectivity index (χ0) is 8.10. The number of anilines is 2. The third-order valence-corrected chi connectivity index (χ3v) is 1.89. The molecule has 0 aliphatic carbocycles. The predicted molar refractivity (Wildman–Crippen MR) is 46.9 cm³/mol. The second-order valence-corrected chi connectivity index (χ2v) is 2.84. The molecule has 4 nitrogen and oxygen atoms in total. The van der Waals surface area contributed by atoms with E-state index in [0.29, 0.717) is 12.4 Å². The molecule has 1 heterocycles. The largest absolute Gasteiger partial charge is 0.383 e. The van der Waals surface area contributed by atoms with Gasteiger partial charge in [-0.3, -0.25) is 0 Å². The van der Waals surface area contributed by atoms with E-state index in [0.717, 1.165) is 11.5 Å². The quantitative estimate of drug-likeness (QED) is 0.661. The monoisotopic (exact) mass is 173 g/mol. The van der Waals surface area contributed by atoms with Crippen LogP contribution in [0.4, 0.5) is 10.8 Å². The molecule has 0 aliphatic heterocycles. The van der Waals surface area contributed by atoms with Gasteiger partial charge < -0.3 is 15.8 Å². The number of ether oxygens (including phenoxy) is 1. The van der Waals surface area contributed by atoms with Crippen LogP contribution in [0.1, 0.15) is 0 Å². The summed E-state index contributed by atoms with van der Waals surface area (Å²) in [6, 6.07) is 1.81. The van der Waals surface area contributed by atoms with E-state index < -0.39 is 0 Å². The highest BCUT2D eigenvalue weighted by atomic mass is 32.1. The Kier molecular flexibility index (Phi) is 3.13. The van der Waals surface area contributed by atoms with Crippen molar-refractivity contribution in [2.75, 3.05) is 31.3 Å². The average Bonchev–Trinajstić information content (AvgIpc) is 2.37. The Balaban J connectivity index is 2.27. The van der Waals surface area contributed by atoms with Gasteiger partial charge in [-0.1, -0.05) is 0 Å². The van der Waals surface area contributed by atoms with Crippen LogP contribution in [0.5, 0.6) is 0 Å². The molecule has 62 valence electrons. The molecule has 0 spiro atoms. The maximum absolute atomic E-state index is 5.41. The van der Waals surface area contributed by atoms with Crippen molar-refractivity contribution in [3.05, 3.63) is 6.07 Å². The minimum absolute atomic E-state index is 0.565. The Labute approximate surface area is 69.5 Å². The first-order valence-electron chi connectivity index (χ1n) is 3.28. The Morgan fingerprint density at radius 2 is 2.64 bits per heavy atom. The number of nitrogen functional groups attached to an aromatic ring is 1. The van der Waals surface area contributed by atoms with Gasteiger partial charge in [-0.15, -0.1) is 0 Å². The molecule has 0 radical (unpaired) electrons. The summed E-state index contributed by atoms with van der Waals surface area (Å²) in [7, 11) is 1.67. The van der Waals surface area contributed by atoms with Gasteiger partial charge in [0.25, 0.3) is 0 Å². The molecule has 1 aromatic rings. The van der Waals surface area contributed by atoms with Crippen LogP contribution in [-0.4, -0.2) is 24.6 Å². The fourth-order valence-electron chi connectivity index (χ4n) is 0.648. The number of rotatable bonds is 4. The van der Waals surface area contributed by atoms with E-state index in [4.69, 9.17) is 10.5 Å². The molecule has 1 aromatic heterocycles. The summed E-state index contributed by atoms with van der Waals surface area (Å²) in [4.78, 5) is 0. The summed E-state index contributed by atoms with van der Waals surface area (Å²) in [6.07, 6.45) is 0. The van der Waals surface area contributed by atoms with Gasteiger partial charge in [-0.25, -0.2) is 0 Å². The minimum Gasteiger partial charge on any atom is -0.383 e. The highest BCUT2D eigenvalue weighted by Crippen LogP contribution is 2.16. The smallest absolute Gasteiger partial charge is 0.139 e. The van der Waals surface area contributed by atoms with Crippen molar-refractivity contribution >= 4 is 22.4 Å². The third-order valence-electron chi connectivity index (χ3n) is 1.13. The summed E-state index contributed by atoms with van der Waals surface area (Å²) in [5, 5.41) is 4.10. The number of nitrogens with two attached hydrogens (primary N) is 1. The van der Waals surface area contributed by atoms with Gasteiger partial charge in [0.15, 0.2) is 0 Å². The van der Waals surface area contributed by atoms with E-state index in [-0.39, 0.29) is 0 Å². The summed E-state index contributed by atoms with van der Waals surface area (Å²) in [5.74, 6) is 0.565. The molecule has 0 bridgehead atoms. The summed E-state index contributed by atoms with van der Waals surface area (Å²) < 4.78 is 8.77. The fraction of sp³-hybridized carbons (Fsp3) is 0.500. The Morgan fingerprint density at radius 3 is 3.18 bits per heavy atom. The summed E-state index contributed by atoms with van der Waals surface area (Å²) in [6.45, 7) is 1.48. The van der Waals surface area contributed by atoms with Crippen LogP contribution in [0.3, 0.4) is 0 Å². The van der Waals surface area contributed by atoms with Gasteiger partial charge >= 0.3 is 0 Å². The molecule has 3 N–H and O–H groups in total. The molecule has 5 heteroatoms. The number of hydrogen-bond donors (Lipinski definition) is 2. The van der Waals surface area contributed by atoms with E-state index in [1.54, 1.807) is 13.2 Å². The first-order valence-corrected chi connectivity index (χ1v) is 4.05. The van der Waals surface area contributed by atoms with Crippen molar-refractivity contribution in [3.8, 4) is 0 Å². The highest BCUT2D eigenvalue weighted by Gasteiger charge is 1.95. The molecule has 11 heavy (non-hydrogen) atoms. The normalized spacial score (nSPS) is 9.91. The van der Waals surface area contributed by atoms with Crippen LogP contribution in [0, 0.1) is 0 Å². The van der Waals surface area contributed by atoms with E-state index >= 15 is 0 Å². The lowest BCUT2D eigenvalue weighted by molar-refractivity contribution is 0.211. The van der Waals surface area contributed by atoms with Gasteiger partial charge in [-0.2, -0.15) is 4.37 Å². The molecule has 0 amide bonds. The second-order valence-electron chi connectivity index (χ2n) is 2.04. The standard InChI is InChI=1S/C6H11N3OS/c1-10-3-2-8-6-4-5(7)9-11-6/h4,8H,2-3H2,1H3,(H2,7,9). The number of aromatic nitrogens is 1. The van der Waals surface area contributed by atoms with Crippen LogP contribution in [0.25, 0.3) is 0 Å². The van der Waals surface area contributed by atoms with Crippen molar-refractivity contribution in [3.63, 3.8) is 0 Å². The molecule has 0 atom stereocenters. The first-order chi connectivity index (χ1) is 5.33. The molecule has 0 saturated heterocycles. The van der Waals surface area contributed by atoms with Gasteiger partial charge in [0.1, 0.15) is 10.8 Å². The first kappa shape index (κ1) is 8.29. The lowest BCUT2D eigenvalue weighted by atomic mass is 10.6. The van der Waals surface area contributed by atoms with Crippen LogP contribution >= 0.6 is 11.5 Å². The lowest BCUT2D eigenvalue weighted by Crippen LogP contribution is -2.05. The van der Waals surface area contributed by atoms with Gasteiger partial charge in [0, 0.05) is 19.7 Å². The summed E-state index contributed by atoms with van der Waals surface area (Å²) in [5.41, 5.74) is 5.41. The Hall–Kier alpha value is -0.810. The molecule has 0 unspecified atom stereocenters. The van der Waals surface area contributed by atoms with Crippen molar-refractivity contribution in [1.82, 2.24) is 4.37 Å². The van der Waals surface area contributed by atoms with Crippen LogP contribution in [0.15, 0.2) is 6.07 Å². The number of methoxy groups -OCH3 is 1. The SMILES string of the molecule is COCCNc1cc(N)ns1. The number of hydrogen-bond acceptors (Lipinski definition) is 5. The van der Waals surface area contributed by atoms with Gasteiger partial charge in [0.05, 0.1) is 6.61 Å². The molecule has 0 aromatic carbocycles. The molecular weight excluding hydrogens is 162 g/mol. The fourth-order valence-corrected chi connectivity index (χ4v) is 1.25. The second kappa shape index (κ2) is 4.15. The maximum atomic E-state index is 5.41. The van der Waals surface area contributed by atoms with E-state index in [1.807, 2.05) is 0 Å². The zero-order valence-electron chi connectivity index (χ0n) is 6.33. The molecule has 0 fully saturated rings. The average molecular weight is 173 g/mol.